The molecule has 0 radical (unpaired) electrons. The van der Waals surface area contributed by atoms with E-state index in [0.29, 0.717) is 12.5 Å². The molecule has 0 aromatic carbocycles. The van der Waals surface area contributed by atoms with E-state index in [0.717, 1.165) is 19.5 Å². The fourth-order valence-corrected chi connectivity index (χ4v) is 1.94. The molecule has 0 amide bonds. The van der Waals surface area contributed by atoms with Crippen molar-refractivity contribution in [3.63, 3.8) is 0 Å². The average Bonchev–Trinajstić information content (AvgIpc) is 2.33. The van der Waals surface area contributed by atoms with E-state index in [4.69, 9.17) is 4.74 Å². The van der Waals surface area contributed by atoms with Crippen LogP contribution in [0.2, 0.25) is 0 Å². The Hall–Kier alpha value is -0.610. The van der Waals surface area contributed by atoms with Gasteiger partial charge >= 0.3 is 5.97 Å². The number of rotatable bonds is 2. The topological polar surface area (TPSA) is 32.8 Å². The first-order valence-corrected chi connectivity index (χ1v) is 5.52. The summed E-state index contributed by atoms with van der Waals surface area (Å²) in [7, 11) is 5.65. The van der Waals surface area contributed by atoms with Gasteiger partial charge < -0.3 is 14.5 Å². The van der Waals surface area contributed by atoms with Gasteiger partial charge in [0, 0.05) is 18.6 Å². The van der Waals surface area contributed by atoms with Crippen molar-refractivity contribution < 1.29 is 9.53 Å². The Labute approximate surface area is 92.2 Å². The second-order valence-corrected chi connectivity index (χ2v) is 4.49. The van der Waals surface area contributed by atoms with Crippen LogP contribution in [0.25, 0.3) is 0 Å². The second kappa shape index (κ2) is 5.47. The number of carbonyl (C=O) groups is 1. The van der Waals surface area contributed by atoms with E-state index in [1.165, 1.54) is 7.11 Å². The van der Waals surface area contributed by atoms with E-state index in [2.05, 4.69) is 30.8 Å². The summed E-state index contributed by atoms with van der Waals surface area (Å²) in [6.07, 6.45) is 1.65. The molecule has 88 valence electrons. The maximum absolute atomic E-state index is 11.3. The highest BCUT2D eigenvalue weighted by atomic mass is 16.5. The van der Waals surface area contributed by atoms with Gasteiger partial charge in [0.15, 0.2) is 0 Å². The third-order valence-electron chi connectivity index (χ3n) is 3.40. The summed E-state index contributed by atoms with van der Waals surface area (Å²) in [6, 6.07) is 0.877. The summed E-state index contributed by atoms with van der Waals surface area (Å²) in [5, 5.41) is 0. The van der Waals surface area contributed by atoms with Gasteiger partial charge in [-0.3, -0.25) is 4.79 Å². The van der Waals surface area contributed by atoms with Crippen molar-refractivity contribution in [1.29, 1.82) is 0 Å². The Morgan fingerprint density at radius 1 is 1.40 bits per heavy atom. The zero-order valence-corrected chi connectivity index (χ0v) is 10.2. The maximum Gasteiger partial charge on any atom is 0.307 e. The zero-order chi connectivity index (χ0) is 11.4. The number of hydrogen-bond acceptors (Lipinski definition) is 4. The highest BCUT2D eigenvalue weighted by Crippen LogP contribution is 2.14. The molecule has 0 aliphatic carbocycles. The number of hydrogen-bond donors (Lipinski definition) is 0. The van der Waals surface area contributed by atoms with Gasteiger partial charge in [0.05, 0.1) is 13.5 Å². The Morgan fingerprint density at radius 2 is 2.07 bits per heavy atom. The number of ether oxygens (including phenoxy) is 1. The number of carbonyl (C=O) groups excluding carboxylic acids is 1. The molecule has 1 fully saturated rings. The van der Waals surface area contributed by atoms with Gasteiger partial charge in [-0.05, 0) is 34.0 Å². The molecule has 0 aromatic heterocycles. The molecule has 0 aromatic rings. The molecule has 1 rings (SSSR count). The van der Waals surface area contributed by atoms with Crippen LogP contribution < -0.4 is 0 Å². The Balaban J connectivity index is 2.57. The van der Waals surface area contributed by atoms with E-state index in [1.54, 1.807) is 0 Å². The molecule has 1 aliphatic rings. The third-order valence-corrected chi connectivity index (χ3v) is 3.40. The molecule has 0 spiro atoms. The van der Waals surface area contributed by atoms with Crippen LogP contribution in [0.1, 0.15) is 19.8 Å². The number of likely N-dealkylation sites (N-methyl/N-ethyl adjacent to an activating group) is 2. The van der Waals surface area contributed by atoms with E-state index in [9.17, 15) is 4.79 Å². The van der Waals surface area contributed by atoms with Gasteiger partial charge in [-0.25, -0.2) is 0 Å². The summed E-state index contributed by atoms with van der Waals surface area (Å²) in [6.45, 7) is 4.22. The minimum atomic E-state index is -0.116. The fraction of sp³-hybridized carbons (Fsp3) is 0.909. The van der Waals surface area contributed by atoms with Gasteiger partial charge in [-0.1, -0.05) is 0 Å². The second-order valence-electron chi connectivity index (χ2n) is 4.49. The number of esters is 1. The van der Waals surface area contributed by atoms with Crippen molar-refractivity contribution in [2.45, 2.75) is 31.8 Å². The molecule has 2 unspecified atom stereocenters. The predicted molar refractivity (Wildman–Crippen MR) is 59.8 cm³/mol. The van der Waals surface area contributed by atoms with Crippen LogP contribution in [0.15, 0.2) is 0 Å². The van der Waals surface area contributed by atoms with E-state index >= 15 is 0 Å². The first-order valence-electron chi connectivity index (χ1n) is 5.52. The first kappa shape index (κ1) is 12.5. The van der Waals surface area contributed by atoms with Crippen LogP contribution in [0, 0.1) is 0 Å². The average molecular weight is 214 g/mol. The Bertz CT molecular complexity index is 221. The first-order chi connectivity index (χ1) is 7.04. The van der Waals surface area contributed by atoms with Gasteiger partial charge in [0.25, 0.3) is 0 Å². The van der Waals surface area contributed by atoms with Crippen LogP contribution >= 0.6 is 0 Å². The molecule has 1 heterocycles. The lowest BCUT2D eigenvalue weighted by Gasteiger charge is -2.27. The fourth-order valence-electron chi connectivity index (χ4n) is 1.94. The largest absolute Gasteiger partial charge is 0.469 e. The number of nitrogens with zero attached hydrogens (tertiary/aromatic N) is 2. The highest BCUT2D eigenvalue weighted by molar-refractivity contribution is 5.69. The monoisotopic (exact) mass is 214 g/mol. The molecule has 2 atom stereocenters. The molecule has 1 aliphatic heterocycles. The van der Waals surface area contributed by atoms with Crippen LogP contribution in [0.3, 0.4) is 0 Å². The van der Waals surface area contributed by atoms with E-state index in [-0.39, 0.29) is 12.0 Å². The molecule has 0 bridgehead atoms. The smallest absolute Gasteiger partial charge is 0.307 e. The van der Waals surface area contributed by atoms with Gasteiger partial charge in [0.2, 0.25) is 0 Å². The summed E-state index contributed by atoms with van der Waals surface area (Å²) in [5.41, 5.74) is 0. The van der Waals surface area contributed by atoms with Crippen molar-refractivity contribution in [2.75, 3.05) is 34.3 Å². The Morgan fingerprint density at radius 3 is 2.67 bits per heavy atom. The zero-order valence-electron chi connectivity index (χ0n) is 10.2. The third kappa shape index (κ3) is 3.47. The maximum atomic E-state index is 11.3. The van der Waals surface area contributed by atoms with Gasteiger partial charge in [-0.2, -0.15) is 0 Å². The van der Waals surface area contributed by atoms with E-state index in [1.807, 2.05) is 0 Å². The van der Waals surface area contributed by atoms with Crippen molar-refractivity contribution in [3.8, 4) is 0 Å². The summed E-state index contributed by atoms with van der Waals surface area (Å²) < 4.78 is 4.72. The minimum Gasteiger partial charge on any atom is -0.469 e. The molecule has 0 saturated carbocycles. The van der Waals surface area contributed by atoms with Crippen molar-refractivity contribution in [2.24, 2.45) is 0 Å². The lowest BCUT2D eigenvalue weighted by Crippen LogP contribution is -2.40. The van der Waals surface area contributed by atoms with Crippen molar-refractivity contribution in [3.05, 3.63) is 0 Å². The molecule has 1 saturated heterocycles. The quantitative estimate of drug-likeness (QED) is 0.629. The summed E-state index contributed by atoms with van der Waals surface area (Å²) in [4.78, 5) is 15.8. The van der Waals surface area contributed by atoms with Gasteiger partial charge in [-0.15, -0.1) is 0 Å². The molecule has 4 nitrogen and oxygen atoms in total. The van der Waals surface area contributed by atoms with E-state index < -0.39 is 0 Å². The minimum absolute atomic E-state index is 0.116. The lowest BCUT2D eigenvalue weighted by molar-refractivity contribution is -0.142. The SMILES string of the molecule is COC(=O)CC1CN(C)C(C)CCN1C. The lowest BCUT2D eigenvalue weighted by atomic mass is 10.2. The van der Waals surface area contributed by atoms with Crippen LogP contribution in [0.4, 0.5) is 0 Å². The molecule has 0 N–H and O–H groups in total. The van der Waals surface area contributed by atoms with Crippen LogP contribution in [-0.4, -0.2) is 62.1 Å². The van der Waals surface area contributed by atoms with Crippen molar-refractivity contribution >= 4 is 5.97 Å². The number of methoxy groups -OCH3 is 1. The summed E-state index contributed by atoms with van der Waals surface area (Å²) >= 11 is 0. The molecular weight excluding hydrogens is 192 g/mol. The van der Waals surface area contributed by atoms with Crippen molar-refractivity contribution in [1.82, 2.24) is 9.80 Å². The van der Waals surface area contributed by atoms with Crippen LogP contribution in [0.5, 0.6) is 0 Å². The highest BCUT2D eigenvalue weighted by Gasteiger charge is 2.26. The van der Waals surface area contributed by atoms with Gasteiger partial charge in [0.1, 0.15) is 0 Å². The predicted octanol–water partition coefficient (Wildman–Crippen LogP) is 0.574. The summed E-state index contributed by atoms with van der Waals surface area (Å²) in [5.74, 6) is -0.116. The molecular formula is C11H22N2O2. The molecule has 15 heavy (non-hydrogen) atoms. The van der Waals surface area contributed by atoms with Crippen LogP contribution in [-0.2, 0) is 9.53 Å². The molecule has 4 heteroatoms. The normalized spacial score (nSPS) is 29.9. The Kier molecular flexibility index (Phi) is 4.54. The standard InChI is InChI=1S/C11H22N2O2/c1-9-5-6-12(2)10(8-13(9)3)7-11(14)15-4/h9-10H,5-8H2,1-4H3.